The van der Waals surface area contributed by atoms with Crippen LogP contribution in [0, 0.1) is 10.1 Å². The highest BCUT2D eigenvalue weighted by Gasteiger charge is 2.13. The molecule has 3 rings (SSSR count). The Morgan fingerprint density at radius 2 is 1.92 bits per heavy atom. The quantitative estimate of drug-likeness (QED) is 0.229. The van der Waals surface area contributed by atoms with Gasteiger partial charge in [0.05, 0.1) is 12.0 Å². The molecule has 7 nitrogen and oxygen atoms in total. The summed E-state index contributed by atoms with van der Waals surface area (Å²) >= 11 is 0. The number of nitro benzene ring substituents is 1. The number of nitro groups is 1. The van der Waals surface area contributed by atoms with Gasteiger partial charge in [-0.3, -0.25) is 14.9 Å². The molecule has 1 aromatic heterocycles. The fourth-order valence-electron chi connectivity index (χ4n) is 2.42. The van der Waals surface area contributed by atoms with Gasteiger partial charge in [0.25, 0.3) is 5.69 Å². The number of fused-ring (bicyclic) bond motifs is 1. The van der Waals surface area contributed by atoms with Crippen molar-refractivity contribution in [3.05, 3.63) is 86.3 Å². The van der Waals surface area contributed by atoms with E-state index in [1.54, 1.807) is 18.2 Å². The fourth-order valence-corrected chi connectivity index (χ4v) is 2.42. The number of hydrogen-bond donors (Lipinski definition) is 0. The molecule has 0 saturated carbocycles. The van der Waals surface area contributed by atoms with E-state index in [1.165, 1.54) is 49.6 Å². The van der Waals surface area contributed by atoms with Crippen molar-refractivity contribution in [3.63, 3.8) is 0 Å². The molecule has 0 aliphatic rings. The summed E-state index contributed by atoms with van der Waals surface area (Å²) < 4.78 is 10.4. The number of hydrogen-bond acceptors (Lipinski definition) is 6. The average Bonchev–Trinajstić information content (AvgIpc) is 2.65. The number of rotatable bonds is 5. The molecule has 0 N–H and O–H groups in total. The average molecular weight is 351 g/mol. The molecule has 0 radical (unpaired) electrons. The zero-order chi connectivity index (χ0) is 18.7. The highest BCUT2D eigenvalue weighted by molar-refractivity contribution is 6.08. The molecule has 0 unspecified atom stereocenters. The third kappa shape index (κ3) is 3.36. The van der Waals surface area contributed by atoms with Gasteiger partial charge >= 0.3 is 5.63 Å². The molecule has 0 saturated heterocycles. The molecule has 1 heterocycles. The highest BCUT2D eigenvalue weighted by Crippen LogP contribution is 2.24. The summed E-state index contributed by atoms with van der Waals surface area (Å²) in [5, 5.41) is 11.2. The van der Waals surface area contributed by atoms with Gasteiger partial charge in [-0.25, -0.2) is 4.79 Å². The molecule has 0 amide bonds. The summed E-state index contributed by atoms with van der Waals surface area (Å²) in [7, 11) is 1.46. The Kier molecular flexibility index (Phi) is 4.62. The fraction of sp³-hybridized carbons (Fsp3) is 0.0526. The Morgan fingerprint density at radius 1 is 1.19 bits per heavy atom. The van der Waals surface area contributed by atoms with Crippen LogP contribution in [0.5, 0.6) is 5.75 Å². The van der Waals surface area contributed by atoms with Crippen molar-refractivity contribution in [1.29, 1.82) is 0 Å². The van der Waals surface area contributed by atoms with Crippen molar-refractivity contribution in [3.8, 4) is 5.75 Å². The van der Waals surface area contributed by atoms with Crippen LogP contribution < -0.4 is 10.4 Å². The predicted octanol–water partition coefficient (Wildman–Crippen LogP) is 3.61. The first-order valence-corrected chi connectivity index (χ1v) is 7.57. The number of methoxy groups -OCH3 is 1. The van der Waals surface area contributed by atoms with Crippen LogP contribution in [-0.4, -0.2) is 17.8 Å². The number of benzene rings is 2. The van der Waals surface area contributed by atoms with E-state index >= 15 is 0 Å². The van der Waals surface area contributed by atoms with Crippen LogP contribution in [0.2, 0.25) is 0 Å². The van der Waals surface area contributed by atoms with Crippen LogP contribution in [0.3, 0.4) is 0 Å². The van der Waals surface area contributed by atoms with Crippen LogP contribution in [0.25, 0.3) is 17.0 Å². The molecule has 0 bridgehead atoms. The number of non-ortho nitro benzene ring substituents is 1. The topological polar surface area (TPSA) is 99.6 Å². The third-order valence-corrected chi connectivity index (χ3v) is 3.74. The Balaban J connectivity index is 1.91. The number of carbonyl (C=O) groups excluding carboxylic acids is 1. The van der Waals surface area contributed by atoms with Crippen molar-refractivity contribution in [2.75, 3.05) is 7.11 Å². The van der Waals surface area contributed by atoms with E-state index in [2.05, 4.69) is 0 Å². The number of allylic oxidation sites excluding steroid dienone is 1. The molecule has 3 aromatic rings. The number of para-hydroxylation sites is 1. The van der Waals surface area contributed by atoms with Crippen molar-refractivity contribution in [1.82, 2.24) is 0 Å². The third-order valence-electron chi connectivity index (χ3n) is 3.74. The van der Waals surface area contributed by atoms with Gasteiger partial charge in [0, 0.05) is 17.5 Å². The summed E-state index contributed by atoms with van der Waals surface area (Å²) in [5.74, 6) is -0.123. The lowest BCUT2D eigenvalue weighted by Crippen LogP contribution is -2.12. The first-order valence-electron chi connectivity index (χ1n) is 7.57. The van der Waals surface area contributed by atoms with Crippen LogP contribution in [0.15, 0.2) is 63.8 Å². The molecular formula is C19H13NO6. The normalized spacial score (nSPS) is 11.0. The van der Waals surface area contributed by atoms with E-state index in [0.717, 1.165) is 0 Å². The predicted molar refractivity (Wildman–Crippen MR) is 95.5 cm³/mol. The maximum Gasteiger partial charge on any atom is 0.347 e. The number of nitrogens with zero attached hydrogens (tertiary/aromatic N) is 1. The molecule has 0 spiro atoms. The van der Waals surface area contributed by atoms with Crippen molar-refractivity contribution in [2.24, 2.45) is 0 Å². The van der Waals surface area contributed by atoms with Gasteiger partial charge in [-0.05, 0) is 35.9 Å². The van der Waals surface area contributed by atoms with Gasteiger partial charge in [-0.15, -0.1) is 0 Å². The first-order chi connectivity index (χ1) is 12.5. The second kappa shape index (κ2) is 7.02. The summed E-state index contributed by atoms with van der Waals surface area (Å²) in [6.07, 6.45) is 2.70. The molecule has 0 atom stereocenters. The summed E-state index contributed by atoms with van der Waals surface area (Å²) in [6.45, 7) is 0. The van der Waals surface area contributed by atoms with Crippen LogP contribution >= 0.6 is 0 Å². The van der Waals surface area contributed by atoms with Crippen LogP contribution in [0.4, 0.5) is 5.69 Å². The summed E-state index contributed by atoms with van der Waals surface area (Å²) in [6, 6.07) is 12.2. The van der Waals surface area contributed by atoms with E-state index in [1.807, 2.05) is 0 Å². The van der Waals surface area contributed by atoms with E-state index in [4.69, 9.17) is 9.15 Å². The van der Waals surface area contributed by atoms with Gasteiger partial charge in [-0.2, -0.15) is 0 Å². The molecule has 0 aliphatic heterocycles. The minimum Gasteiger partial charge on any atom is -0.493 e. The molecular weight excluding hydrogens is 338 g/mol. The molecule has 2 aromatic carbocycles. The van der Waals surface area contributed by atoms with Gasteiger partial charge in [0.1, 0.15) is 5.56 Å². The second-order valence-corrected chi connectivity index (χ2v) is 5.37. The molecule has 130 valence electrons. The minimum atomic E-state index is -0.764. The van der Waals surface area contributed by atoms with E-state index in [0.29, 0.717) is 16.7 Å². The lowest BCUT2D eigenvalue weighted by Gasteiger charge is -2.04. The van der Waals surface area contributed by atoms with Crippen LogP contribution in [-0.2, 0) is 0 Å². The number of ketones is 1. The number of ether oxygens (including phenoxy) is 1. The molecule has 7 heteroatoms. The van der Waals surface area contributed by atoms with Gasteiger partial charge < -0.3 is 9.15 Å². The zero-order valence-corrected chi connectivity index (χ0v) is 13.7. The van der Waals surface area contributed by atoms with Gasteiger partial charge in [0.15, 0.2) is 17.1 Å². The lowest BCUT2D eigenvalue weighted by atomic mass is 10.1. The van der Waals surface area contributed by atoms with Gasteiger partial charge in [0.2, 0.25) is 0 Å². The lowest BCUT2D eigenvalue weighted by molar-refractivity contribution is -0.384. The number of carbonyl (C=O) groups is 1. The maximum absolute atomic E-state index is 12.3. The largest absolute Gasteiger partial charge is 0.493 e. The van der Waals surface area contributed by atoms with Crippen molar-refractivity contribution < 1.29 is 18.9 Å². The van der Waals surface area contributed by atoms with E-state index < -0.39 is 16.3 Å². The van der Waals surface area contributed by atoms with Crippen molar-refractivity contribution >= 4 is 28.5 Å². The summed E-state index contributed by atoms with van der Waals surface area (Å²) in [4.78, 5) is 34.6. The molecule has 26 heavy (non-hydrogen) atoms. The Bertz CT molecular complexity index is 1080. The smallest absolute Gasteiger partial charge is 0.347 e. The van der Waals surface area contributed by atoms with E-state index in [-0.39, 0.29) is 16.8 Å². The Labute approximate surface area is 147 Å². The maximum atomic E-state index is 12.3. The molecule has 0 fully saturated rings. The minimum absolute atomic E-state index is 0.0439. The monoisotopic (exact) mass is 351 g/mol. The second-order valence-electron chi connectivity index (χ2n) is 5.37. The van der Waals surface area contributed by atoms with Crippen molar-refractivity contribution in [2.45, 2.75) is 0 Å². The Morgan fingerprint density at radius 3 is 2.58 bits per heavy atom. The Hall–Kier alpha value is -3.74. The van der Waals surface area contributed by atoms with E-state index in [9.17, 15) is 19.7 Å². The standard InChI is InChI=1S/C19H13NO6/c1-25-17-4-2-3-13-11-15(19(22)26-18(13)17)16(21)10-7-12-5-8-14(9-6-12)20(23)24/h2-11H,1H3/b10-7+. The highest BCUT2D eigenvalue weighted by atomic mass is 16.6. The summed E-state index contributed by atoms with van der Waals surface area (Å²) in [5.41, 5.74) is -0.0476. The zero-order valence-electron chi connectivity index (χ0n) is 13.7. The first kappa shape index (κ1) is 17.1. The molecule has 0 aliphatic carbocycles. The van der Waals surface area contributed by atoms with Crippen LogP contribution in [0.1, 0.15) is 15.9 Å². The SMILES string of the molecule is COc1cccc2cc(C(=O)/C=C/c3ccc([N+](=O)[O-])cc3)c(=O)oc12. The van der Waals surface area contributed by atoms with Gasteiger partial charge in [-0.1, -0.05) is 18.2 Å².